The summed E-state index contributed by atoms with van der Waals surface area (Å²) in [5, 5.41) is 5.27. The van der Waals surface area contributed by atoms with Crippen LogP contribution in [0.2, 0.25) is 0 Å². The number of imide groups is 1. The molecule has 1 atom stereocenters. The van der Waals surface area contributed by atoms with Gasteiger partial charge in [0.15, 0.2) is 0 Å². The molecule has 34 heavy (non-hydrogen) atoms. The van der Waals surface area contributed by atoms with Gasteiger partial charge < -0.3 is 15.4 Å². The van der Waals surface area contributed by atoms with Crippen molar-refractivity contribution < 1.29 is 27.5 Å². The number of aryl methyl sites for hydroxylation is 1. The van der Waals surface area contributed by atoms with Gasteiger partial charge >= 0.3 is 6.03 Å². The van der Waals surface area contributed by atoms with Crippen LogP contribution < -0.4 is 10.6 Å². The zero-order chi connectivity index (χ0) is 24.5. The minimum Gasteiger partial charge on any atom is -0.379 e. The van der Waals surface area contributed by atoms with Crippen molar-refractivity contribution in [3.63, 3.8) is 0 Å². The Morgan fingerprint density at radius 2 is 1.68 bits per heavy atom. The van der Waals surface area contributed by atoms with Crippen molar-refractivity contribution in [2.24, 2.45) is 0 Å². The highest BCUT2D eigenvalue weighted by Gasteiger charge is 2.49. The molecule has 0 bridgehead atoms. The maximum absolute atomic E-state index is 13.0. The van der Waals surface area contributed by atoms with E-state index < -0.39 is 40.0 Å². The summed E-state index contributed by atoms with van der Waals surface area (Å²) in [6.07, 6.45) is 0. The van der Waals surface area contributed by atoms with Gasteiger partial charge in [-0.1, -0.05) is 29.8 Å². The molecule has 10 nitrogen and oxygen atoms in total. The van der Waals surface area contributed by atoms with Crippen LogP contribution >= 0.6 is 0 Å². The monoisotopic (exact) mass is 486 g/mol. The van der Waals surface area contributed by atoms with E-state index in [1.807, 2.05) is 19.1 Å². The molecule has 2 aromatic carbocycles. The predicted molar refractivity (Wildman–Crippen MR) is 123 cm³/mol. The summed E-state index contributed by atoms with van der Waals surface area (Å²) < 4.78 is 32.0. The summed E-state index contributed by atoms with van der Waals surface area (Å²) in [7, 11) is -3.65. The lowest BCUT2D eigenvalue weighted by atomic mass is 9.91. The number of ether oxygens (including phenoxy) is 1. The summed E-state index contributed by atoms with van der Waals surface area (Å²) in [4.78, 5) is 39.0. The third-order valence-corrected chi connectivity index (χ3v) is 7.86. The van der Waals surface area contributed by atoms with E-state index in [1.165, 1.54) is 28.6 Å². The molecule has 2 heterocycles. The second-order valence-electron chi connectivity index (χ2n) is 8.40. The fourth-order valence-corrected chi connectivity index (χ4v) is 5.32. The number of sulfonamides is 1. The molecule has 0 spiro atoms. The van der Waals surface area contributed by atoms with Crippen molar-refractivity contribution in [1.82, 2.24) is 14.5 Å². The SMILES string of the molecule is Cc1ccc(C2(C)NC(=O)N(CC(=O)Nc3ccc(S(=O)(=O)N4CCOCC4)cc3)C2=O)cc1. The Morgan fingerprint density at radius 1 is 1.06 bits per heavy atom. The lowest BCUT2D eigenvalue weighted by Crippen LogP contribution is -2.42. The van der Waals surface area contributed by atoms with Crippen molar-refractivity contribution in [3.05, 3.63) is 59.7 Å². The summed E-state index contributed by atoms with van der Waals surface area (Å²) in [6.45, 7) is 4.31. The third kappa shape index (κ3) is 4.54. The summed E-state index contributed by atoms with van der Waals surface area (Å²) >= 11 is 0. The second kappa shape index (κ2) is 9.16. The van der Waals surface area contributed by atoms with Crippen LogP contribution in [0.25, 0.3) is 0 Å². The van der Waals surface area contributed by atoms with Crippen molar-refractivity contribution in [2.45, 2.75) is 24.3 Å². The minimum atomic E-state index is -3.65. The van der Waals surface area contributed by atoms with Gasteiger partial charge in [-0.15, -0.1) is 0 Å². The van der Waals surface area contributed by atoms with Gasteiger partial charge in [-0.25, -0.2) is 13.2 Å². The lowest BCUT2D eigenvalue weighted by molar-refractivity contribution is -0.133. The molecule has 11 heteroatoms. The smallest absolute Gasteiger partial charge is 0.325 e. The Balaban J connectivity index is 1.41. The fraction of sp³-hybridized carbons (Fsp3) is 0.348. The Kier molecular flexibility index (Phi) is 6.43. The molecule has 0 aromatic heterocycles. The number of carbonyl (C=O) groups excluding carboxylic acids is 3. The average molecular weight is 487 g/mol. The van der Waals surface area contributed by atoms with E-state index in [4.69, 9.17) is 4.74 Å². The zero-order valence-electron chi connectivity index (χ0n) is 18.9. The van der Waals surface area contributed by atoms with Crippen LogP contribution in [0, 0.1) is 6.92 Å². The molecule has 2 aromatic rings. The normalized spacial score (nSPS) is 21.4. The van der Waals surface area contributed by atoms with Gasteiger partial charge in [0.05, 0.1) is 18.1 Å². The molecule has 2 fully saturated rings. The number of carbonyl (C=O) groups is 3. The van der Waals surface area contributed by atoms with E-state index >= 15 is 0 Å². The van der Waals surface area contributed by atoms with E-state index in [0.29, 0.717) is 24.5 Å². The average Bonchev–Trinajstić information content (AvgIpc) is 3.04. The van der Waals surface area contributed by atoms with Crippen molar-refractivity contribution in [3.8, 4) is 0 Å². The van der Waals surface area contributed by atoms with Crippen molar-refractivity contribution in [2.75, 3.05) is 38.2 Å². The number of rotatable bonds is 6. The maximum atomic E-state index is 13.0. The Bertz CT molecular complexity index is 1210. The molecular formula is C23H26N4O6S. The fourth-order valence-electron chi connectivity index (χ4n) is 3.91. The number of hydrogen-bond acceptors (Lipinski definition) is 6. The quantitative estimate of drug-likeness (QED) is 0.595. The molecule has 4 amide bonds. The Morgan fingerprint density at radius 3 is 2.29 bits per heavy atom. The van der Waals surface area contributed by atoms with Crippen LogP contribution in [0.3, 0.4) is 0 Å². The second-order valence-corrected chi connectivity index (χ2v) is 10.3. The van der Waals surface area contributed by atoms with E-state index in [1.54, 1.807) is 19.1 Å². The molecule has 180 valence electrons. The summed E-state index contributed by atoms with van der Waals surface area (Å²) in [5.41, 5.74) is 0.723. The molecule has 2 saturated heterocycles. The predicted octanol–water partition coefficient (Wildman–Crippen LogP) is 1.42. The highest BCUT2D eigenvalue weighted by atomic mass is 32.2. The molecule has 2 aliphatic rings. The summed E-state index contributed by atoms with van der Waals surface area (Å²) in [5.74, 6) is -1.11. The van der Waals surface area contributed by atoms with Crippen LogP contribution in [0.15, 0.2) is 53.4 Å². The molecule has 0 radical (unpaired) electrons. The highest BCUT2D eigenvalue weighted by Crippen LogP contribution is 2.29. The molecule has 2 N–H and O–H groups in total. The van der Waals surface area contributed by atoms with E-state index in [9.17, 15) is 22.8 Å². The van der Waals surface area contributed by atoms with Gasteiger partial charge in [-0.2, -0.15) is 4.31 Å². The van der Waals surface area contributed by atoms with Gasteiger partial charge in [0.1, 0.15) is 12.1 Å². The van der Waals surface area contributed by atoms with Crippen LogP contribution in [-0.2, 0) is 29.9 Å². The van der Waals surface area contributed by atoms with Crippen LogP contribution in [0.4, 0.5) is 10.5 Å². The van der Waals surface area contributed by atoms with Crippen molar-refractivity contribution >= 4 is 33.6 Å². The molecule has 4 rings (SSSR count). The van der Waals surface area contributed by atoms with Gasteiger partial charge in [0, 0.05) is 18.8 Å². The van der Waals surface area contributed by atoms with E-state index in [-0.39, 0.29) is 18.0 Å². The first-order valence-electron chi connectivity index (χ1n) is 10.8. The first-order chi connectivity index (χ1) is 16.1. The Labute approximate surface area is 197 Å². The zero-order valence-corrected chi connectivity index (χ0v) is 19.7. The van der Waals surface area contributed by atoms with Crippen LogP contribution in [0.5, 0.6) is 0 Å². The maximum Gasteiger partial charge on any atom is 0.325 e. The number of benzene rings is 2. The Hall–Kier alpha value is -3.28. The van der Waals surface area contributed by atoms with Gasteiger partial charge in [-0.05, 0) is 43.7 Å². The van der Waals surface area contributed by atoms with Crippen molar-refractivity contribution in [1.29, 1.82) is 0 Å². The number of urea groups is 1. The number of hydrogen-bond donors (Lipinski definition) is 2. The molecular weight excluding hydrogens is 460 g/mol. The standard InChI is InChI=1S/C23H26N4O6S/c1-16-3-5-17(6-4-16)23(2)21(29)27(22(30)25-23)15-20(28)24-18-7-9-19(10-8-18)34(31,32)26-11-13-33-14-12-26/h3-10H,11-15H2,1-2H3,(H,24,28)(H,25,30). The summed E-state index contributed by atoms with van der Waals surface area (Å²) in [6, 6.07) is 12.3. The minimum absolute atomic E-state index is 0.107. The van der Waals surface area contributed by atoms with E-state index in [2.05, 4.69) is 10.6 Å². The van der Waals surface area contributed by atoms with E-state index in [0.717, 1.165) is 10.5 Å². The van der Waals surface area contributed by atoms with Gasteiger partial charge in [0.25, 0.3) is 5.91 Å². The number of anilines is 1. The molecule has 0 saturated carbocycles. The lowest BCUT2D eigenvalue weighted by Gasteiger charge is -2.26. The number of nitrogens with zero attached hydrogens (tertiary/aromatic N) is 2. The topological polar surface area (TPSA) is 125 Å². The first kappa shape index (κ1) is 23.9. The number of nitrogens with one attached hydrogen (secondary N) is 2. The number of amides is 4. The highest BCUT2D eigenvalue weighted by molar-refractivity contribution is 7.89. The largest absolute Gasteiger partial charge is 0.379 e. The third-order valence-electron chi connectivity index (χ3n) is 5.95. The van der Waals surface area contributed by atoms with Crippen LogP contribution in [-0.4, -0.2) is 68.3 Å². The molecule has 2 aliphatic heterocycles. The van der Waals surface area contributed by atoms with Crippen LogP contribution in [0.1, 0.15) is 18.1 Å². The molecule has 1 unspecified atom stereocenters. The van der Waals surface area contributed by atoms with Gasteiger partial charge in [0.2, 0.25) is 15.9 Å². The first-order valence-corrected chi connectivity index (χ1v) is 12.2. The van der Waals surface area contributed by atoms with Gasteiger partial charge in [-0.3, -0.25) is 14.5 Å². The molecule has 0 aliphatic carbocycles. The number of morpholine rings is 1.